The molecule has 0 saturated carbocycles. The van der Waals surface area contributed by atoms with Crippen LogP contribution in [0.5, 0.6) is 0 Å². The molecule has 0 aliphatic carbocycles. The molecule has 3 heterocycles. The predicted molar refractivity (Wildman–Crippen MR) is 87.9 cm³/mol. The Kier molecular flexibility index (Phi) is 5.05. The summed E-state index contributed by atoms with van der Waals surface area (Å²) in [4.78, 5) is 2.50. The van der Waals surface area contributed by atoms with E-state index in [4.69, 9.17) is 0 Å². The summed E-state index contributed by atoms with van der Waals surface area (Å²) in [6.07, 6.45) is 4.73. The summed E-state index contributed by atoms with van der Waals surface area (Å²) in [5.74, 6) is 0.985. The summed E-state index contributed by atoms with van der Waals surface area (Å²) >= 11 is 0. The van der Waals surface area contributed by atoms with Gasteiger partial charge in [0, 0.05) is 18.3 Å². The van der Waals surface area contributed by atoms with Gasteiger partial charge in [-0.05, 0) is 56.1 Å². The second-order valence-corrected chi connectivity index (χ2v) is 6.55. The van der Waals surface area contributed by atoms with Crippen molar-refractivity contribution in [2.75, 3.05) is 6.54 Å². The highest BCUT2D eigenvalue weighted by Gasteiger charge is 2.27. The van der Waals surface area contributed by atoms with Gasteiger partial charge in [0.2, 0.25) is 0 Å². The first-order chi connectivity index (χ1) is 11.2. The molecule has 0 radical (unpaired) electrons. The Morgan fingerprint density at radius 3 is 2.87 bits per heavy atom. The molecule has 2 aromatic heterocycles. The van der Waals surface area contributed by atoms with Crippen molar-refractivity contribution >= 4 is 0 Å². The quantitative estimate of drug-likeness (QED) is 0.781. The number of aryl methyl sites for hydroxylation is 3. The summed E-state index contributed by atoms with van der Waals surface area (Å²) in [5, 5.41) is 16.8. The number of likely N-dealkylation sites (tertiary alicyclic amines) is 1. The maximum Gasteiger partial charge on any atom is 0.165 e. The molecule has 1 unspecified atom stereocenters. The fourth-order valence-corrected chi connectivity index (χ4v) is 3.37. The standard InChI is InChI=1S/C16H27N7/c1-4-5-9-22-16(17-19-20-22)12-21-8-6-7-15(21)11-23-14(3)10-13(2)18-23/h10,15H,4-9,11-12H2,1-3H3. The van der Waals surface area contributed by atoms with Gasteiger partial charge in [-0.15, -0.1) is 5.10 Å². The number of tetrazole rings is 1. The summed E-state index contributed by atoms with van der Waals surface area (Å²) in [5.41, 5.74) is 2.33. The lowest BCUT2D eigenvalue weighted by Gasteiger charge is -2.24. The number of aromatic nitrogens is 6. The van der Waals surface area contributed by atoms with Crippen molar-refractivity contribution in [1.82, 2.24) is 34.9 Å². The number of hydrogen-bond donors (Lipinski definition) is 0. The number of nitrogens with zero attached hydrogens (tertiary/aromatic N) is 7. The van der Waals surface area contributed by atoms with Gasteiger partial charge in [0.25, 0.3) is 0 Å². The van der Waals surface area contributed by atoms with Crippen molar-refractivity contribution in [3.8, 4) is 0 Å². The van der Waals surface area contributed by atoms with E-state index < -0.39 is 0 Å². The fourth-order valence-electron chi connectivity index (χ4n) is 3.37. The van der Waals surface area contributed by atoms with Crippen molar-refractivity contribution in [2.45, 2.75) is 72.1 Å². The van der Waals surface area contributed by atoms with Crippen LogP contribution in [-0.2, 0) is 19.6 Å². The molecule has 1 aliphatic heterocycles. The molecule has 2 aromatic rings. The molecule has 0 aromatic carbocycles. The Morgan fingerprint density at radius 2 is 2.13 bits per heavy atom. The molecular weight excluding hydrogens is 290 g/mol. The van der Waals surface area contributed by atoms with Gasteiger partial charge in [-0.2, -0.15) is 5.10 Å². The van der Waals surface area contributed by atoms with Crippen LogP contribution in [0.1, 0.15) is 49.8 Å². The average molecular weight is 317 g/mol. The molecule has 7 nitrogen and oxygen atoms in total. The van der Waals surface area contributed by atoms with E-state index in [0.29, 0.717) is 6.04 Å². The van der Waals surface area contributed by atoms with Crippen molar-refractivity contribution in [3.05, 3.63) is 23.3 Å². The lowest BCUT2D eigenvalue weighted by Crippen LogP contribution is -2.34. The molecular formula is C16H27N7. The monoisotopic (exact) mass is 317 g/mol. The molecule has 126 valence electrons. The van der Waals surface area contributed by atoms with Gasteiger partial charge in [0.15, 0.2) is 5.82 Å². The summed E-state index contributed by atoms with van der Waals surface area (Å²) in [7, 11) is 0. The van der Waals surface area contributed by atoms with E-state index in [9.17, 15) is 0 Å². The first-order valence-corrected chi connectivity index (χ1v) is 8.67. The summed E-state index contributed by atoms with van der Waals surface area (Å²) < 4.78 is 4.10. The molecule has 1 fully saturated rings. The molecule has 7 heteroatoms. The van der Waals surface area contributed by atoms with E-state index in [-0.39, 0.29) is 0 Å². The van der Waals surface area contributed by atoms with E-state index in [2.05, 4.69) is 57.0 Å². The van der Waals surface area contributed by atoms with Gasteiger partial charge in [-0.25, -0.2) is 4.68 Å². The summed E-state index contributed by atoms with van der Waals surface area (Å²) in [6.45, 7) is 10.2. The lowest BCUT2D eigenvalue weighted by atomic mass is 10.2. The highest BCUT2D eigenvalue weighted by Crippen LogP contribution is 2.21. The third-order valence-corrected chi connectivity index (χ3v) is 4.66. The molecule has 0 N–H and O–H groups in total. The van der Waals surface area contributed by atoms with Crippen LogP contribution in [0, 0.1) is 13.8 Å². The van der Waals surface area contributed by atoms with Crippen LogP contribution >= 0.6 is 0 Å². The molecule has 0 bridgehead atoms. The second kappa shape index (κ2) is 7.21. The highest BCUT2D eigenvalue weighted by molar-refractivity contribution is 5.07. The van der Waals surface area contributed by atoms with E-state index in [1.54, 1.807) is 0 Å². The Labute approximate surface area is 137 Å². The maximum atomic E-state index is 4.61. The summed E-state index contributed by atoms with van der Waals surface area (Å²) in [6, 6.07) is 2.66. The second-order valence-electron chi connectivity index (χ2n) is 6.55. The van der Waals surface area contributed by atoms with Crippen molar-refractivity contribution < 1.29 is 0 Å². The number of unbranched alkanes of at least 4 members (excludes halogenated alkanes) is 1. The molecule has 1 aliphatic rings. The van der Waals surface area contributed by atoms with E-state index >= 15 is 0 Å². The Hall–Kier alpha value is -1.76. The van der Waals surface area contributed by atoms with Crippen molar-refractivity contribution in [1.29, 1.82) is 0 Å². The Morgan fingerprint density at radius 1 is 1.26 bits per heavy atom. The van der Waals surface area contributed by atoms with E-state index in [0.717, 1.165) is 50.5 Å². The van der Waals surface area contributed by atoms with Gasteiger partial charge < -0.3 is 0 Å². The molecule has 1 atom stereocenters. The predicted octanol–water partition coefficient (Wildman–Crippen LogP) is 1.95. The van der Waals surface area contributed by atoms with Crippen LogP contribution in [-0.4, -0.2) is 47.5 Å². The topological polar surface area (TPSA) is 64.7 Å². The minimum Gasteiger partial charge on any atom is -0.291 e. The minimum absolute atomic E-state index is 0.518. The van der Waals surface area contributed by atoms with Crippen molar-refractivity contribution in [3.63, 3.8) is 0 Å². The van der Waals surface area contributed by atoms with E-state index in [1.165, 1.54) is 18.5 Å². The SMILES string of the molecule is CCCCn1nnnc1CN1CCCC1Cn1nc(C)cc1C. The molecule has 3 rings (SSSR count). The molecule has 0 amide bonds. The maximum absolute atomic E-state index is 4.61. The molecule has 23 heavy (non-hydrogen) atoms. The van der Waals surface area contributed by atoms with Crippen LogP contribution < -0.4 is 0 Å². The first kappa shape index (κ1) is 16.1. The normalized spacial score (nSPS) is 18.8. The first-order valence-electron chi connectivity index (χ1n) is 8.67. The average Bonchev–Trinajstić information content (AvgIpc) is 3.21. The van der Waals surface area contributed by atoms with Gasteiger partial charge in [-0.3, -0.25) is 9.58 Å². The van der Waals surface area contributed by atoms with Crippen LogP contribution in [0.4, 0.5) is 0 Å². The largest absolute Gasteiger partial charge is 0.291 e. The van der Waals surface area contributed by atoms with Gasteiger partial charge in [0.05, 0.1) is 18.8 Å². The molecule has 1 saturated heterocycles. The zero-order chi connectivity index (χ0) is 16.2. The van der Waals surface area contributed by atoms with Crippen LogP contribution in [0.2, 0.25) is 0 Å². The third kappa shape index (κ3) is 3.77. The number of rotatable bonds is 7. The van der Waals surface area contributed by atoms with E-state index in [1.807, 2.05) is 4.68 Å². The van der Waals surface area contributed by atoms with Gasteiger partial charge in [0.1, 0.15) is 0 Å². The van der Waals surface area contributed by atoms with Gasteiger partial charge >= 0.3 is 0 Å². The van der Waals surface area contributed by atoms with Crippen LogP contribution in [0.25, 0.3) is 0 Å². The molecule has 0 spiro atoms. The fraction of sp³-hybridized carbons (Fsp3) is 0.750. The number of hydrogen-bond acceptors (Lipinski definition) is 5. The minimum atomic E-state index is 0.518. The zero-order valence-corrected chi connectivity index (χ0v) is 14.4. The highest BCUT2D eigenvalue weighted by atomic mass is 15.5. The Bertz CT molecular complexity index is 630. The van der Waals surface area contributed by atoms with Crippen LogP contribution in [0.3, 0.4) is 0 Å². The lowest BCUT2D eigenvalue weighted by molar-refractivity contribution is 0.209. The van der Waals surface area contributed by atoms with Crippen LogP contribution in [0.15, 0.2) is 6.07 Å². The van der Waals surface area contributed by atoms with Gasteiger partial charge in [-0.1, -0.05) is 13.3 Å². The third-order valence-electron chi connectivity index (χ3n) is 4.66. The Balaban J connectivity index is 1.65. The zero-order valence-electron chi connectivity index (χ0n) is 14.4. The van der Waals surface area contributed by atoms with Crippen molar-refractivity contribution in [2.24, 2.45) is 0 Å². The smallest absolute Gasteiger partial charge is 0.165 e.